The van der Waals surface area contributed by atoms with Crippen LogP contribution in [-0.2, 0) is 6.54 Å². The van der Waals surface area contributed by atoms with Crippen molar-refractivity contribution >= 4 is 28.9 Å². The summed E-state index contributed by atoms with van der Waals surface area (Å²) in [6, 6.07) is 11.6. The van der Waals surface area contributed by atoms with Gasteiger partial charge in [-0.25, -0.2) is 0 Å². The molecule has 0 fully saturated rings. The summed E-state index contributed by atoms with van der Waals surface area (Å²) in [4.78, 5) is 25.2. The van der Waals surface area contributed by atoms with Crippen LogP contribution in [0.25, 0.3) is 0 Å². The maximum Gasteiger partial charge on any atom is 0.293 e. The first-order chi connectivity index (χ1) is 13.5. The molecule has 0 spiro atoms. The van der Waals surface area contributed by atoms with Crippen molar-refractivity contribution in [2.75, 3.05) is 25.0 Å². The number of nitrogens with one attached hydrogen (secondary N) is 1. The number of aliphatic hydroxyl groups excluding tert-OH is 1. The first kappa shape index (κ1) is 21.7. The Morgan fingerprint density at radius 2 is 2.00 bits per heavy atom. The smallest absolute Gasteiger partial charge is 0.293 e. The van der Waals surface area contributed by atoms with Crippen LogP contribution in [0.5, 0.6) is 0 Å². The maximum absolute atomic E-state index is 12.7. The van der Waals surface area contributed by atoms with Crippen LogP contribution in [0.3, 0.4) is 0 Å². The average molecular weight is 406 g/mol. The van der Waals surface area contributed by atoms with E-state index in [9.17, 15) is 20.0 Å². The summed E-state index contributed by atoms with van der Waals surface area (Å²) in [5.74, 6) is -0.330. The Bertz CT molecular complexity index is 829. The highest BCUT2D eigenvalue weighted by Crippen LogP contribution is 2.27. The Kier molecular flexibility index (Phi) is 8.22. The molecule has 0 aliphatic carbocycles. The lowest BCUT2D eigenvalue weighted by Crippen LogP contribution is -2.34. The SMILES string of the molecule is CCCCN(CCO)C(=O)c1ccc(NCc2ccccc2Cl)c([N+](=O)[O-])c1. The van der Waals surface area contributed by atoms with Gasteiger partial charge in [0.05, 0.1) is 11.5 Å². The summed E-state index contributed by atoms with van der Waals surface area (Å²) in [6.45, 7) is 2.86. The Balaban J connectivity index is 2.22. The number of amides is 1. The fourth-order valence-corrected chi connectivity index (χ4v) is 2.97. The molecule has 7 nitrogen and oxygen atoms in total. The Morgan fingerprint density at radius 1 is 1.25 bits per heavy atom. The molecule has 8 heteroatoms. The topological polar surface area (TPSA) is 95.7 Å². The fraction of sp³-hybridized carbons (Fsp3) is 0.350. The number of anilines is 1. The predicted octanol–water partition coefficient (Wildman–Crippen LogP) is 4.09. The second-order valence-electron chi connectivity index (χ2n) is 6.30. The van der Waals surface area contributed by atoms with Gasteiger partial charge in [-0.15, -0.1) is 0 Å². The number of carbonyl (C=O) groups excluding carboxylic acids is 1. The fourth-order valence-electron chi connectivity index (χ4n) is 2.76. The third kappa shape index (κ3) is 5.68. The number of nitro groups is 1. The van der Waals surface area contributed by atoms with E-state index in [4.69, 9.17) is 11.6 Å². The molecule has 2 N–H and O–H groups in total. The molecule has 0 aliphatic heterocycles. The molecule has 0 aromatic heterocycles. The number of nitrogens with zero attached hydrogens (tertiary/aromatic N) is 2. The molecule has 28 heavy (non-hydrogen) atoms. The lowest BCUT2D eigenvalue weighted by molar-refractivity contribution is -0.384. The molecule has 0 unspecified atom stereocenters. The number of rotatable bonds is 10. The van der Waals surface area contributed by atoms with Gasteiger partial charge in [0.2, 0.25) is 0 Å². The molecule has 0 aliphatic rings. The van der Waals surface area contributed by atoms with Crippen LogP contribution in [0.4, 0.5) is 11.4 Å². The van der Waals surface area contributed by atoms with Crippen molar-refractivity contribution in [3.8, 4) is 0 Å². The van der Waals surface area contributed by atoms with E-state index in [1.54, 1.807) is 12.1 Å². The molecule has 0 radical (unpaired) electrons. The van der Waals surface area contributed by atoms with Gasteiger partial charge in [0.25, 0.3) is 11.6 Å². The van der Waals surface area contributed by atoms with Gasteiger partial charge in [-0.1, -0.05) is 43.1 Å². The van der Waals surface area contributed by atoms with Crippen molar-refractivity contribution in [2.24, 2.45) is 0 Å². The predicted molar refractivity (Wildman–Crippen MR) is 110 cm³/mol. The lowest BCUT2D eigenvalue weighted by Gasteiger charge is -2.21. The van der Waals surface area contributed by atoms with Gasteiger partial charge in [0.1, 0.15) is 5.69 Å². The third-order valence-electron chi connectivity index (χ3n) is 4.31. The van der Waals surface area contributed by atoms with E-state index in [2.05, 4.69) is 5.32 Å². The highest BCUT2D eigenvalue weighted by molar-refractivity contribution is 6.31. The summed E-state index contributed by atoms with van der Waals surface area (Å²) < 4.78 is 0. The molecule has 2 aromatic carbocycles. The van der Waals surface area contributed by atoms with Gasteiger partial charge in [0, 0.05) is 36.3 Å². The zero-order chi connectivity index (χ0) is 20.5. The quantitative estimate of drug-likeness (QED) is 0.458. The van der Waals surface area contributed by atoms with Crippen LogP contribution in [-0.4, -0.2) is 40.5 Å². The largest absolute Gasteiger partial charge is 0.395 e. The van der Waals surface area contributed by atoms with Crippen LogP contribution < -0.4 is 5.32 Å². The van der Waals surface area contributed by atoms with E-state index < -0.39 is 4.92 Å². The molecule has 0 saturated carbocycles. The molecule has 0 saturated heterocycles. The summed E-state index contributed by atoms with van der Waals surface area (Å²) in [7, 11) is 0. The van der Waals surface area contributed by atoms with Crippen molar-refractivity contribution < 1.29 is 14.8 Å². The van der Waals surface area contributed by atoms with E-state index in [-0.39, 0.29) is 30.3 Å². The summed E-state index contributed by atoms with van der Waals surface area (Å²) in [6.07, 6.45) is 1.70. The number of halogens is 1. The van der Waals surface area contributed by atoms with Crippen LogP contribution in [0.15, 0.2) is 42.5 Å². The molecular formula is C20H24ClN3O4. The summed E-state index contributed by atoms with van der Waals surface area (Å²) in [5.41, 5.74) is 1.16. The molecular weight excluding hydrogens is 382 g/mol. The Hall–Kier alpha value is -2.64. The van der Waals surface area contributed by atoms with E-state index in [1.165, 1.54) is 17.0 Å². The van der Waals surface area contributed by atoms with Crippen molar-refractivity contribution in [1.82, 2.24) is 4.90 Å². The van der Waals surface area contributed by atoms with Gasteiger partial charge in [-0.05, 0) is 30.2 Å². The Labute approximate surface area is 169 Å². The van der Waals surface area contributed by atoms with Crippen LogP contribution in [0, 0.1) is 10.1 Å². The molecule has 0 bridgehead atoms. The second-order valence-corrected chi connectivity index (χ2v) is 6.71. The van der Waals surface area contributed by atoms with E-state index >= 15 is 0 Å². The van der Waals surface area contributed by atoms with E-state index in [0.717, 1.165) is 18.4 Å². The monoisotopic (exact) mass is 405 g/mol. The van der Waals surface area contributed by atoms with Crippen LogP contribution in [0.1, 0.15) is 35.7 Å². The van der Waals surface area contributed by atoms with Crippen molar-refractivity contribution in [3.05, 3.63) is 68.7 Å². The maximum atomic E-state index is 12.7. The van der Waals surface area contributed by atoms with Crippen LogP contribution in [0.2, 0.25) is 5.02 Å². The standard InChI is InChI=1S/C20H24ClN3O4/c1-2-3-10-23(11-12-25)20(26)15-8-9-18(19(13-15)24(27)28)22-14-16-6-4-5-7-17(16)21/h4-9,13,22,25H,2-3,10-12,14H2,1H3. The molecule has 150 valence electrons. The van der Waals surface area contributed by atoms with Gasteiger partial charge < -0.3 is 15.3 Å². The third-order valence-corrected chi connectivity index (χ3v) is 4.68. The zero-order valence-electron chi connectivity index (χ0n) is 15.7. The van der Waals surface area contributed by atoms with Gasteiger partial charge in [-0.2, -0.15) is 0 Å². The number of aliphatic hydroxyl groups is 1. The first-order valence-corrected chi connectivity index (χ1v) is 9.51. The average Bonchev–Trinajstić information content (AvgIpc) is 2.70. The molecule has 0 heterocycles. The van der Waals surface area contributed by atoms with Crippen molar-refractivity contribution in [2.45, 2.75) is 26.3 Å². The highest BCUT2D eigenvalue weighted by atomic mass is 35.5. The Morgan fingerprint density at radius 3 is 2.64 bits per heavy atom. The number of hydrogen-bond donors (Lipinski definition) is 2. The minimum atomic E-state index is -0.520. The first-order valence-electron chi connectivity index (χ1n) is 9.13. The number of benzene rings is 2. The minimum absolute atomic E-state index is 0.158. The number of unbranched alkanes of at least 4 members (excludes halogenated alkanes) is 1. The van der Waals surface area contributed by atoms with Crippen LogP contribution >= 0.6 is 11.6 Å². The van der Waals surface area contributed by atoms with E-state index in [1.807, 2.05) is 25.1 Å². The second kappa shape index (κ2) is 10.6. The van der Waals surface area contributed by atoms with Gasteiger partial charge in [0.15, 0.2) is 0 Å². The number of nitro benzene ring substituents is 1. The number of hydrogen-bond acceptors (Lipinski definition) is 5. The normalized spacial score (nSPS) is 10.5. The number of carbonyl (C=O) groups is 1. The van der Waals surface area contributed by atoms with Crippen molar-refractivity contribution in [1.29, 1.82) is 0 Å². The molecule has 2 aromatic rings. The molecule has 0 atom stereocenters. The molecule has 2 rings (SSSR count). The van der Waals surface area contributed by atoms with E-state index in [0.29, 0.717) is 23.8 Å². The molecule has 1 amide bonds. The minimum Gasteiger partial charge on any atom is -0.395 e. The zero-order valence-corrected chi connectivity index (χ0v) is 16.5. The summed E-state index contributed by atoms with van der Waals surface area (Å²) >= 11 is 6.12. The van der Waals surface area contributed by atoms with Crippen molar-refractivity contribution in [3.63, 3.8) is 0 Å². The lowest BCUT2D eigenvalue weighted by atomic mass is 10.1. The summed E-state index contributed by atoms with van der Waals surface area (Å²) in [5, 5.41) is 24.3. The van der Waals surface area contributed by atoms with Gasteiger partial charge in [-0.3, -0.25) is 14.9 Å². The highest BCUT2D eigenvalue weighted by Gasteiger charge is 2.21. The van der Waals surface area contributed by atoms with Gasteiger partial charge >= 0.3 is 0 Å².